The lowest BCUT2D eigenvalue weighted by atomic mass is 10.0. The molecule has 2 saturated heterocycles. The maximum atomic E-state index is 9.32. The van der Waals surface area contributed by atoms with Gasteiger partial charge in [-0.2, -0.15) is 0 Å². The van der Waals surface area contributed by atoms with Crippen molar-refractivity contribution in [3.8, 4) is 0 Å². The summed E-state index contributed by atoms with van der Waals surface area (Å²) in [6.45, 7) is 3.92. The fraction of sp³-hybridized carbons (Fsp3) is 0.625. The Bertz CT molecular complexity index is 495. The third-order valence-electron chi connectivity index (χ3n) is 3.95. The quantitative estimate of drug-likeness (QED) is 0.836. The van der Waals surface area contributed by atoms with Gasteiger partial charge in [-0.05, 0) is 19.4 Å². The van der Waals surface area contributed by atoms with Gasteiger partial charge in [-0.1, -0.05) is 30.3 Å². The molecule has 0 unspecified atom stereocenters. The van der Waals surface area contributed by atoms with Crippen molar-refractivity contribution in [3.05, 3.63) is 35.9 Å². The van der Waals surface area contributed by atoms with Crippen molar-refractivity contribution in [1.82, 2.24) is 0 Å². The van der Waals surface area contributed by atoms with E-state index in [2.05, 4.69) is 0 Å². The second-order valence-corrected chi connectivity index (χ2v) is 6.18. The fourth-order valence-corrected chi connectivity index (χ4v) is 2.91. The number of ether oxygens (including phenoxy) is 4. The van der Waals surface area contributed by atoms with Crippen LogP contribution in [0.4, 0.5) is 0 Å². The Hall–Kier alpha value is -1.02. The lowest BCUT2D eigenvalue weighted by molar-refractivity contribution is -0.222. The van der Waals surface area contributed by atoms with Crippen LogP contribution in [-0.4, -0.2) is 48.1 Å². The number of rotatable bonds is 5. The lowest BCUT2D eigenvalue weighted by Gasteiger charge is -2.28. The Kier molecular flexibility index (Phi) is 4.49. The summed E-state index contributed by atoms with van der Waals surface area (Å²) in [7, 11) is 0. The third-order valence-corrected chi connectivity index (χ3v) is 3.95. The monoisotopic (exact) mass is 309 g/mol. The topological polar surface area (TPSA) is 83.2 Å². The first kappa shape index (κ1) is 15.9. The second-order valence-electron chi connectivity index (χ2n) is 6.18. The van der Waals surface area contributed by atoms with Crippen molar-refractivity contribution in [2.24, 2.45) is 5.73 Å². The highest BCUT2D eigenvalue weighted by Gasteiger charge is 2.56. The van der Waals surface area contributed by atoms with Gasteiger partial charge in [0.05, 0.1) is 19.3 Å². The van der Waals surface area contributed by atoms with Gasteiger partial charge in [-0.25, -0.2) is 0 Å². The lowest BCUT2D eigenvalue weighted by Crippen LogP contribution is -2.48. The predicted octanol–water partition coefficient (Wildman–Crippen LogP) is 0.768. The smallest absolute Gasteiger partial charge is 0.190 e. The molecule has 2 aliphatic rings. The normalized spacial score (nSPS) is 34.5. The van der Waals surface area contributed by atoms with E-state index in [1.165, 1.54) is 0 Å². The number of aliphatic hydroxyl groups is 1. The molecule has 0 aliphatic carbocycles. The van der Waals surface area contributed by atoms with Crippen molar-refractivity contribution < 1.29 is 24.1 Å². The number of aliphatic hydroxyl groups excluding tert-OH is 1. The predicted molar refractivity (Wildman–Crippen MR) is 78.8 cm³/mol. The van der Waals surface area contributed by atoms with Gasteiger partial charge in [-0.3, -0.25) is 0 Å². The summed E-state index contributed by atoms with van der Waals surface area (Å²) < 4.78 is 23.4. The molecule has 1 aromatic rings. The molecular formula is C16H23NO5. The molecule has 6 nitrogen and oxygen atoms in total. The van der Waals surface area contributed by atoms with E-state index in [4.69, 9.17) is 24.7 Å². The van der Waals surface area contributed by atoms with Crippen molar-refractivity contribution in [3.63, 3.8) is 0 Å². The maximum Gasteiger partial charge on any atom is 0.190 e. The maximum absolute atomic E-state index is 9.32. The minimum Gasteiger partial charge on any atom is -0.395 e. The first-order valence-corrected chi connectivity index (χ1v) is 7.53. The van der Waals surface area contributed by atoms with Crippen LogP contribution in [-0.2, 0) is 25.6 Å². The molecule has 22 heavy (non-hydrogen) atoms. The molecule has 3 N–H and O–H groups in total. The Morgan fingerprint density at radius 1 is 1.27 bits per heavy atom. The third kappa shape index (κ3) is 3.17. The van der Waals surface area contributed by atoms with Crippen molar-refractivity contribution in [2.45, 2.75) is 56.9 Å². The zero-order valence-corrected chi connectivity index (χ0v) is 12.8. The molecule has 122 valence electrons. The molecule has 1 aromatic carbocycles. The first-order valence-electron chi connectivity index (χ1n) is 7.53. The minimum absolute atomic E-state index is 0.182. The first-order chi connectivity index (χ1) is 10.5. The number of benzene rings is 1. The zero-order valence-electron chi connectivity index (χ0n) is 12.8. The highest BCUT2D eigenvalue weighted by Crippen LogP contribution is 2.39. The summed E-state index contributed by atoms with van der Waals surface area (Å²) in [5.74, 6) is -0.710. The van der Waals surface area contributed by atoms with Crippen LogP contribution in [0.5, 0.6) is 0 Å². The van der Waals surface area contributed by atoms with E-state index in [-0.39, 0.29) is 18.8 Å². The molecule has 0 saturated carbocycles. The van der Waals surface area contributed by atoms with Gasteiger partial charge >= 0.3 is 0 Å². The fourth-order valence-electron chi connectivity index (χ4n) is 2.91. The molecule has 0 amide bonds. The van der Waals surface area contributed by atoms with E-state index in [1.807, 2.05) is 44.2 Å². The van der Waals surface area contributed by atoms with E-state index in [0.29, 0.717) is 6.61 Å². The van der Waals surface area contributed by atoms with Crippen molar-refractivity contribution in [2.75, 3.05) is 6.61 Å². The van der Waals surface area contributed by atoms with E-state index in [9.17, 15) is 5.11 Å². The molecule has 0 radical (unpaired) electrons. The summed E-state index contributed by atoms with van der Waals surface area (Å²) >= 11 is 0. The Labute approximate surface area is 130 Å². The Morgan fingerprint density at radius 2 is 2.00 bits per heavy atom. The van der Waals surface area contributed by atoms with Gasteiger partial charge < -0.3 is 29.8 Å². The minimum atomic E-state index is -0.710. The molecule has 5 atom stereocenters. The zero-order chi connectivity index (χ0) is 15.7. The van der Waals surface area contributed by atoms with E-state index < -0.39 is 24.2 Å². The van der Waals surface area contributed by atoms with Gasteiger partial charge in [0.25, 0.3) is 0 Å². The molecule has 2 fully saturated rings. The average molecular weight is 309 g/mol. The average Bonchev–Trinajstić information content (AvgIpc) is 2.97. The van der Waals surface area contributed by atoms with E-state index >= 15 is 0 Å². The summed E-state index contributed by atoms with van der Waals surface area (Å²) in [5.41, 5.74) is 7.00. The number of nitrogens with two attached hydrogens (primary N) is 1. The van der Waals surface area contributed by atoms with Crippen LogP contribution in [0.1, 0.15) is 19.4 Å². The van der Waals surface area contributed by atoms with Crippen LogP contribution in [0.3, 0.4) is 0 Å². The summed E-state index contributed by atoms with van der Waals surface area (Å²) in [6, 6.07) is 9.32. The van der Waals surface area contributed by atoms with E-state index in [1.54, 1.807) is 0 Å². The second kappa shape index (κ2) is 6.23. The SMILES string of the molecule is CC1(C)O[C@H]2O[C@H]([C@@H](N)CO)[C@H](OCc3ccccc3)[C@H]2O1. The van der Waals surface area contributed by atoms with Crippen LogP contribution in [0.15, 0.2) is 30.3 Å². The van der Waals surface area contributed by atoms with Gasteiger partial charge in [0, 0.05) is 0 Å². The van der Waals surface area contributed by atoms with Crippen LogP contribution in [0, 0.1) is 0 Å². The molecule has 0 spiro atoms. The highest BCUT2D eigenvalue weighted by molar-refractivity contribution is 5.13. The van der Waals surface area contributed by atoms with Crippen LogP contribution in [0.25, 0.3) is 0 Å². The number of hydrogen-bond acceptors (Lipinski definition) is 6. The summed E-state index contributed by atoms with van der Waals surface area (Å²) in [4.78, 5) is 0. The molecule has 6 heteroatoms. The van der Waals surface area contributed by atoms with Gasteiger partial charge in [-0.15, -0.1) is 0 Å². The van der Waals surface area contributed by atoms with Gasteiger partial charge in [0.2, 0.25) is 0 Å². The Balaban J connectivity index is 1.71. The van der Waals surface area contributed by atoms with Gasteiger partial charge in [0.15, 0.2) is 12.1 Å². The molecular weight excluding hydrogens is 286 g/mol. The molecule has 0 aromatic heterocycles. The number of fused-ring (bicyclic) bond motifs is 1. The number of hydrogen-bond donors (Lipinski definition) is 2. The van der Waals surface area contributed by atoms with E-state index in [0.717, 1.165) is 5.56 Å². The van der Waals surface area contributed by atoms with Crippen LogP contribution >= 0.6 is 0 Å². The summed E-state index contributed by atoms with van der Waals surface area (Å²) in [5, 5.41) is 9.32. The highest BCUT2D eigenvalue weighted by atomic mass is 16.8. The van der Waals surface area contributed by atoms with Crippen LogP contribution in [0.2, 0.25) is 0 Å². The largest absolute Gasteiger partial charge is 0.395 e. The van der Waals surface area contributed by atoms with Crippen LogP contribution < -0.4 is 5.73 Å². The standard InChI is InChI=1S/C16H23NO5/c1-16(2)21-14-13(19-9-10-6-4-3-5-7-10)12(11(17)8-18)20-15(14)22-16/h3-7,11-15,18H,8-9,17H2,1-2H3/t11-,12+,13-,14+,15+/m0/s1. The molecule has 2 heterocycles. The molecule has 0 bridgehead atoms. The molecule has 3 rings (SSSR count). The Morgan fingerprint density at radius 3 is 2.68 bits per heavy atom. The molecule has 2 aliphatic heterocycles. The summed E-state index contributed by atoms with van der Waals surface area (Å²) in [6.07, 6.45) is -1.70. The van der Waals surface area contributed by atoms with Crippen molar-refractivity contribution in [1.29, 1.82) is 0 Å². The van der Waals surface area contributed by atoms with Gasteiger partial charge in [0.1, 0.15) is 18.3 Å². The van der Waals surface area contributed by atoms with Crippen molar-refractivity contribution >= 4 is 0 Å².